The summed E-state index contributed by atoms with van der Waals surface area (Å²) in [6.45, 7) is -0.385. The smallest absolute Gasteiger partial charge is 0.355 e. The molecule has 1 aromatic heterocycles. The number of anilines is 1. The third-order valence-corrected chi connectivity index (χ3v) is 3.43. The van der Waals surface area contributed by atoms with Crippen LogP contribution in [0.2, 0.25) is 10.0 Å². The second-order valence-electron chi connectivity index (χ2n) is 4.26. The fourth-order valence-electron chi connectivity index (χ4n) is 1.65. The Bertz CT molecular complexity index is 683. The van der Waals surface area contributed by atoms with Crippen molar-refractivity contribution < 1.29 is 14.3 Å². The lowest BCUT2D eigenvalue weighted by Crippen LogP contribution is -2.21. The summed E-state index contributed by atoms with van der Waals surface area (Å²) in [6.07, 6.45) is 1.71. The van der Waals surface area contributed by atoms with Crippen LogP contribution < -0.4 is 5.32 Å². The summed E-state index contributed by atoms with van der Waals surface area (Å²) in [5.41, 5.74) is 0.849. The van der Waals surface area contributed by atoms with E-state index in [0.29, 0.717) is 21.4 Å². The van der Waals surface area contributed by atoms with Crippen molar-refractivity contribution in [2.75, 3.05) is 11.9 Å². The number of aryl methyl sites for hydroxylation is 1. The molecule has 7 heteroatoms. The van der Waals surface area contributed by atoms with Gasteiger partial charge in [-0.15, -0.1) is 0 Å². The summed E-state index contributed by atoms with van der Waals surface area (Å²) < 4.78 is 6.53. The second-order valence-corrected chi connectivity index (χ2v) is 5.07. The van der Waals surface area contributed by atoms with E-state index in [0.717, 1.165) is 0 Å². The molecule has 1 amide bonds. The maximum absolute atomic E-state index is 11.7. The van der Waals surface area contributed by atoms with E-state index in [9.17, 15) is 9.59 Å². The number of aromatic nitrogens is 1. The molecule has 5 nitrogen and oxygen atoms in total. The predicted molar refractivity (Wildman–Crippen MR) is 80.8 cm³/mol. The molecular formula is C14H12Cl2N2O3. The molecule has 0 saturated heterocycles. The summed E-state index contributed by atoms with van der Waals surface area (Å²) in [6, 6.07) is 8.01. The minimum Gasteiger partial charge on any atom is -0.451 e. The molecule has 2 aromatic rings. The average Bonchev–Trinajstić information content (AvgIpc) is 2.86. The standard InChI is InChI=1S/C14H12Cl2N2O3/c1-18-6-2-3-12(18)14(20)21-8-13(19)17-9-4-5-10(15)11(16)7-9/h2-7H,8H2,1H3,(H,17,19). The SMILES string of the molecule is Cn1cccc1C(=O)OCC(=O)Nc1ccc(Cl)c(Cl)c1. The minimum absolute atomic E-state index is 0.329. The minimum atomic E-state index is -0.563. The van der Waals surface area contributed by atoms with Crippen molar-refractivity contribution >= 4 is 40.8 Å². The zero-order valence-corrected chi connectivity index (χ0v) is 12.6. The normalized spacial score (nSPS) is 10.2. The highest BCUT2D eigenvalue weighted by atomic mass is 35.5. The molecule has 110 valence electrons. The number of esters is 1. The van der Waals surface area contributed by atoms with Crippen molar-refractivity contribution in [3.63, 3.8) is 0 Å². The largest absolute Gasteiger partial charge is 0.451 e. The van der Waals surface area contributed by atoms with Crippen molar-refractivity contribution in [2.24, 2.45) is 7.05 Å². The summed E-state index contributed by atoms with van der Waals surface area (Å²) in [5.74, 6) is -1.03. The Labute approximate surface area is 131 Å². The van der Waals surface area contributed by atoms with Gasteiger partial charge in [-0.3, -0.25) is 4.79 Å². The van der Waals surface area contributed by atoms with E-state index in [1.165, 1.54) is 6.07 Å². The van der Waals surface area contributed by atoms with Crippen LogP contribution in [0.5, 0.6) is 0 Å². The number of amides is 1. The van der Waals surface area contributed by atoms with E-state index in [2.05, 4.69) is 5.32 Å². The second kappa shape index (κ2) is 6.65. The Morgan fingerprint density at radius 3 is 2.62 bits per heavy atom. The molecule has 21 heavy (non-hydrogen) atoms. The molecule has 0 aliphatic rings. The van der Waals surface area contributed by atoms with E-state index < -0.39 is 11.9 Å². The molecule has 0 atom stereocenters. The lowest BCUT2D eigenvalue weighted by Gasteiger charge is -2.07. The van der Waals surface area contributed by atoms with Crippen LogP contribution in [-0.2, 0) is 16.6 Å². The Morgan fingerprint density at radius 1 is 1.24 bits per heavy atom. The number of carbonyl (C=O) groups excluding carboxylic acids is 2. The van der Waals surface area contributed by atoms with Gasteiger partial charge in [-0.05, 0) is 30.3 Å². The Kier molecular flexibility index (Phi) is 4.88. The maximum atomic E-state index is 11.7. The van der Waals surface area contributed by atoms with Gasteiger partial charge in [0.05, 0.1) is 10.0 Å². The number of ether oxygens (including phenoxy) is 1. The molecular weight excluding hydrogens is 315 g/mol. The van der Waals surface area contributed by atoms with Crippen molar-refractivity contribution in [2.45, 2.75) is 0 Å². The van der Waals surface area contributed by atoms with Crippen LogP contribution in [0.1, 0.15) is 10.5 Å². The topological polar surface area (TPSA) is 60.3 Å². The van der Waals surface area contributed by atoms with Crippen molar-refractivity contribution in [3.05, 3.63) is 52.3 Å². The van der Waals surface area contributed by atoms with E-state index >= 15 is 0 Å². The first-order valence-electron chi connectivity index (χ1n) is 6.00. The van der Waals surface area contributed by atoms with Crippen LogP contribution in [-0.4, -0.2) is 23.1 Å². The number of benzene rings is 1. The molecule has 0 radical (unpaired) electrons. The Hall–Kier alpha value is -1.98. The third kappa shape index (κ3) is 4.00. The molecule has 0 bridgehead atoms. The zero-order chi connectivity index (χ0) is 15.4. The number of hydrogen-bond acceptors (Lipinski definition) is 3. The van der Waals surface area contributed by atoms with Gasteiger partial charge in [0, 0.05) is 18.9 Å². The number of hydrogen-bond donors (Lipinski definition) is 1. The average molecular weight is 327 g/mol. The highest BCUT2D eigenvalue weighted by Crippen LogP contribution is 2.24. The monoisotopic (exact) mass is 326 g/mol. The first-order valence-corrected chi connectivity index (χ1v) is 6.76. The van der Waals surface area contributed by atoms with Crippen molar-refractivity contribution in [3.8, 4) is 0 Å². The van der Waals surface area contributed by atoms with Gasteiger partial charge in [0.25, 0.3) is 5.91 Å². The molecule has 0 aliphatic heterocycles. The van der Waals surface area contributed by atoms with Gasteiger partial charge in [0.1, 0.15) is 5.69 Å². The van der Waals surface area contributed by atoms with Crippen LogP contribution in [0, 0.1) is 0 Å². The van der Waals surface area contributed by atoms with Gasteiger partial charge in [-0.1, -0.05) is 23.2 Å². The Morgan fingerprint density at radius 2 is 2.00 bits per heavy atom. The fraction of sp³-hybridized carbons (Fsp3) is 0.143. The van der Waals surface area contributed by atoms with E-state index in [1.54, 1.807) is 42.1 Å². The van der Waals surface area contributed by atoms with Gasteiger partial charge < -0.3 is 14.6 Å². The highest BCUT2D eigenvalue weighted by molar-refractivity contribution is 6.42. The molecule has 0 fully saturated rings. The molecule has 1 heterocycles. The van der Waals surface area contributed by atoms with Crippen LogP contribution >= 0.6 is 23.2 Å². The first-order chi connectivity index (χ1) is 9.97. The molecule has 1 aromatic carbocycles. The van der Waals surface area contributed by atoms with Crippen LogP contribution in [0.15, 0.2) is 36.5 Å². The summed E-state index contributed by atoms with van der Waals surface area (Å²) in [7, 11) is 1.71. The number of rotatable bonds is 4. The van der Waals surface area contributed by atoms with Crippen LogP contribution in [0.3, 0.4) is 0 Å². The first kappa shape index (κ1) is 15.4. The number of carbonyl (C=O) groups is 2. The van der Waals surface area contributed by atoms with Gasteiger partial charge in [-0.25, -0.2) is 4.79 Å². The van der Waals surface area contributed by atoms with Crippen LogP contribution in [0.25, 0.3) is 0 Å². The molecule has 0 spiro atoms. The predicted octanol–water partition coefficient (Wildman–Crippen LogP) is 3.13. The third-order valence-electron chi connectivity index (χ3n) is 2.69. The maximum Gasteiger partial charge on any atom is 0.355 e. The number of halogens is 2. The van der Waals surface area contributed by atoms with Gasteiger partial charge in [0.2, 0.25) is 0 Å². The summed E-state index contributed by atoms with van der Waals surface area (Å²) in [5, 5.41) is 3.28. The highest BCUT2D eigenvalue weighted by Gasteiger charge is 2.13. The van der Waals surface area contributed by atoms with E-state index in [-0.39, 0.29) is 6.61 Å². The van der Waals surface area contributed by atoms with Crippen LogP contribution in [0.4, 0.5) is 5.69 Å². The summed E-state index contributed by atoms with van der Waals surface area (Å²) >= 11 is 11.6. The van der Waals surface area contributed by atoms with Gasteiger partial charge in [-0.2, -0.15) is 0 Å². The molecule has 0 unspecified atom stereocenters. The van der Waals surface area contributed by atoms with Crippen molar-refractivity contribution in [1.82, 2.24) is 4.57 Å². The van der Waals surface area contributed by atoms with E-state index in [4.69, 9.17) is 27.9 Å². The zero-order valence-electron chi connectivity index (χ0n) is 11.1. The quantitative estimate of drug-likeness (QED) is 0.878. The lowest BCUT2D eigenvalue weighted by molar-refractivity contribution is -0.119. The molecule has 0 aliphatic carbocycles. The van der Waals surface area contributed by atoms with Crippen molar-refractivity contribution in [1.29, 1.82) is 0 Å². The molecule has 0 saturated carbocycles. The molecule has 2 rings (SSSR count). The number of nitrogens with zero attached hydrogens (tertiary/aromatic N) is 1. The lowest BCUT2D eigenvalue weighted by atomic mass is 10.3. The van der Waals surface area contributed by atoms with E-state index in [1.807, 2.05) is 0 Å². The fourth-order valence-corrected chi connectivity index (χ4v) is 1.95. The Balaban J connectivity index is 1.89. The number of nitrogens with one attached hydrogen (secondary N) is 1. The van der Waals surface area contributed by atoms with Gasteiger partial charge in [0.15, 0.2) is 6.61 Å². The summed E-state index contributed by atoms with van der Waals surface area (Å²) in [4.78, 5) is 23.4. The van der Waals surface area contributed by atoms with Gasteiger partial charge >= 0.3 is 5.97 Å². The molecule has 1 N–H and O–H groups in total.